The highest BCUT2D eigenvalue weighted by Gasteiger charge is 2.24. The van der Waals surface area contributed by atoms with Gasteiger partial charge in [-0.1, -0.05) is 44.9 Å². The van der Waals surface area contributed by atoms with E-state index in [2.05, 4.69) is 0 Å². The maximum Gasteiger partial charge on any atom is 0.0958 e. The lowest BCUT2D eigenvalue weighted by Gasteiger charge is -2.29. The first kappa shape index (κ1) is 12.4. The molecule has 0 aromatic carbocycles. The van der Waals surface area contributed by atoms with Crippen LogP contribution < -0.4 is 0 Å². The third-order valence-corrected chi connectivity index (χ3v) is 4.08. The van der Waals surface area contributed by atoms with E-state index in [1.165, 1.54) is 64.2 Å². The third kappa shape index (κ3) is 4.06. The number of hydrogen-bond acceptors (Lipinski definition) is 2. The van der Waals surface area contributed by atoms with E-state index in [9.17, 15) is 0 Å². The summed E-state index contributed by atoms with van der Waals surface area (Å²) in [6.07, 6.45) is 15.2. The summed E-state index contributed by atoms with van der Waals surface area (Å²) in [7, 11) is 0. The summed E-state index contributed by atoms with van der Waals surface area (Å²) < 4.78 is 0. The smallest absolute Gasteiger partial charge is 0.0958 e. The van der Waals surface area contributed by atoms with Crippen LogP contribution in [0.2, 0.25) is 0 Å². The largest absolute Gasteiger partial charge is 0.236 e. The Hall–Kier alpha value is -0.0800. The highest BCUT2D eigenvalue weighted by molar-refractivity contribution is 4.72. The van der Waals surface area contributed by atoms with Crippen LogP contribution in [0.5, 0.6) is 0 Å². The van der Waals surface area contributed by atoms with Gasteiger partial charge in [0.15, 0.2) is 0 Å². The number of hydrogen-bond donors (Lipinski definition) is 0. The molecule has 1 saturated carbocycles. The molecule has 1 atom stereocenters. The maximum atomic E-state index is 5.62. The zero-order chi connectivity index (χ0) is 11.1. The second kappa shape index (κ2) is 7.29. The van der Waals surface area contributed by atoms with E-state index in [0.717, 1.165) is 18.9 Å². The molecule has 0 bridgehead atoms. The molecule has 1 aliphatic heterocycles. The molecule has 0 aromatic rings. The van der Waals surface area contributed by atoms with E-state index < -0.39 is 0 Å². The minimum atomic E-state index is 0.387. The van der Waals surface area contributed by atoms with Crippen molar-refractivity contribution in [1.82, 2.24) is 0 Å². The van der Waals surface area contributed by atoms with Crippen LogP contribution in [0.25, 0.3) is 0 Å². The van der Waals surface area contributed by atoms with Crippen LogP contribution in [-0.2, 0) is 9.78 Å². The van der Waals surface area contributed by atoms with Crippen molar-refractivity contribution in [3.8, 4) is 0 Å². The molecule has 1 saturated heterocycles. The zero-order valence-electron chi connectivity index (χ0n) is 10.5. The van der Waals surface area contributed by atoms with Gasteiger partial charge in [0.25, 0.3) is 0 Å². The normalized spacial score (nSPS) is 31.1. The van der Waals surface area contributed by atoms with E-state index in [0.29, 0.717) is 6.10 Å². The lowest BCUT2D eigenvalue weighted by Crippen LogP contribution is -2.26. The van der Waals surface area contributed by atoms with Crippen LogP contribution in [0.3, 0.4) is 0 Å². The fourth-order valence-electron chi connectivity index (χ4n) is 3.04. The Labute approximate surface area is 99.6 Å². The van der Waals surface area contributed by atoms with Gasteiger partial charge in [-0.2, -0.15) is 0 Å². The molecular weight excluding hydrogens is 200 g/mol. The van der Waals surface area contributed by atoms with Crippen LogP contribution >= 0.6 is 0 Å². The van der Waals surface area contributed by atoms with E-state index in [-0.39, 0.29) is 0 Å². The molecule has 0 spiro atoms. The maximum absolute atomic E-state index is 5.62. The van der Waals surface area contributed by atoms with Gasteiger partial charge in [-0.05, 0) is 31.6 Å². The van der Waals surface area contributed by atoms with Gasteiger partial charge < -0.3 is 0 Å². The van der Waals surface area contributed by atoms with Gasteiger partial charge in [-0.15, -0.1) is 0 Å². The van der Waals surface area contributed by atoms with Gasteiger partial charge in [0, 0.05) is 0 Å². The van der Waals surface area contributed by atoms with Crippen molar-refractivity contribution in [2.24, 2.45) is 5.92 Å². The molecule has 2 heteroatoms. The number of rotatable bonds is 1. The molecule has 2 aliphatic rings. The van der Waals surface area contributed by atoms with E-state index >= 15 is 0 Å². The Bertz CT molecular complexity index is 146. The van der Waals surface area contributed by atoms with Gasteiger partial charge in [-0.25, -0.2) is 9.78 Å². The summed E-state index contributed by atoms with van der Waals surface area (Å²) in [5.41, 5.74) is 0. The molecule has 0 N–H and O–H groups in total. The molecule has 1 unspecified atom stereocenters. The summed E-state index contributed by atoms with van der Waals surface area (Å²) >= 11 is 0. The fourth-order valence-corrected chi connectivity index (χ4v) is 3.04. The van der Waals surface area contributed by atoms with E-state index in [4.69, 9.17) is 9.78 Å². The van der Waals surface area contributed by atoms with Crippen molar-refractivity contribution in [3.05, 3.63) is 0 Å². The second-order valence-electron chi connectivity index (χ2n) is 5.41. The summed E-state index contributed by atoms with van der Waals surface area (Å²) in [5.74, 6) is 0.762. The van der Waals surface area contributed by atoms with Crippen LogP contribution in [0, 0.1) is 5.92 Å². The molecule has 94 valence electrons. The predicted molar refractivity (Wildman–Crippen MR) is 65.1 cm³/mol. The van der Waals surface area contributed by atoms with Crippen molar-refractivity contribution in [2.75, 3.05) is 6.61 Å². The summed E-state index contributed by atoms with van der Waals surface area (Å²) in [4.78, 5) is 10.9. The Kier molecular flexibility index (Phi) is 5.64. The van der Waals surface area contributed by atoms with Crippen LogP contribution in [0.15, 0.2) is 0 Å². The topological polar surface area (TPSA) is 18.5 Å². The van der Waals surface area contributed by atoms with Crippen molar-refractivity contribution in [1.29, 1.82) is 0 Å². The molecule has 2 fully saturated rings. The molecule has 1 heterocycles. The van der Waals surface area contributed by atoms with Gasteiger partial charge in [-0.3, -0.25) is 0 Å². The highest BCUT2D eigenvalue weighted by Crippen LogP contribution is 2.29. The van der Waals surface area contributed by atoms with Crippen molar-refractivity contribution in [3.63, 3.8) is 0 Å². The Morgan fingerprint density at radius 1 is 0.625 bits per heavy atom. The lowest BCUT2D eigenvalue weighted by molar-refractivity contribution is -0.339. The standard InChI is InChI=1S/C14H26O2/c1-2-5-9-13(10-6-3-1)14-11-7-4-8-12-15-16-14/h13-14H,1-12H2. The summed E-state index contributed by atoms with van der Waals surface area (Å²) in [6, 6.07) is 0. The first-order chi connectivity index (χ1) is 7.97. The summed E-state index contributed by atoms with van der Waals surface area (Å²) in [6.45, 7) is 0.795. The molecule has 1 aliphatic carbocycles. The average molecular weight is 226 g/mol. The summed E-state index contributed by atoms with van der Waals surface area (Å²) in [5, 5.41) is 0. The van der Waals surface area contributed by atoms with E-state index in [1.807, 2.05) is 0 Å². The van der Waals surface area contributed by atoms with E-state index in [1.54, 1.807) is 0 Å². The molecule has 2 rings (SSSR count). The van der Waals surface area contributed by atoms with Crippen molar-refractivity contribution < 1.29 is 9.78 Å². The van der Waals surface area contributed by atoms with Gasteiger partial charge >= 0.3 is 0 Å². The van der Waals surface area contributed by atoms with Gasteiger partial charge in [0.05, 0.1) is 12.7 Å². The molecule has 16 heavy (non-hydrogen) atoms. The Morgan fingerprint density at radius 3 is 2.06 bits per heavy atom. The van der Waals surface area contributed by atoms with Crippen molar-refractivity contribution in [2.45, 2.75) is 76.7 Å². The fraction of sp³-hybridized carbons (Fsp3) is 1.00. The average Bonchev–Trinajstić information content (AvgIpc) is 2.18. The first-order valence-corrected chi connectivity index (χ1v) is 7.25. The molecular formula is C14H26O2. The molecule has 0 aromatic heterocycles. The monoisotopic (exact) mass is 226 g/mol. The van der Waals surface area contributed by atoms with Gasteiger partial charge in [0.2, 0.25) is 0 Å². The zero-order valence-corrected chi connectivity index (χ0v) is 10.5. The molecule has 0 radical (unpaired) electrons. The lowest BCUT2D eigenvalue weighted by atomic mass is 9.85. The SMILES string of the molecule is C1CCCC(C2CCCCCOO2)CCC1. The van der Waals surface area contributed by atoms with Crippen LogP contribution in [0.1, 0.15) is 70.6 Å². The minimum Gasteiger partial charge on any atom is -0.236 e. The van der Waals surface area contributed by atoms with Crippen LogP contribution in [-0.4, -0.2) is 12.7 Å². The first-order valence-electron chi connectivity index (χ1n) is 7.25. The Balaban J connectivity index is 1.81. The molecule has 2 nitrogen and oxygen atoms in total. The molecule has 0 amide bonds. The Morgan fingerprint density at radius 2 is 1.25 bits per heavy atom. The predicted octanol–water partition coefficient (Wildman–Crippen LogP) is 4.24. The van der Waals surface area contributed by atoms with Crippen molar-refractivity contribution >= 4 is 0 Å². The second-order valence-corrected chi connectivity index (χ2v) is 5.41. The minimum absolute atomic E-state index is 0.387. The van der Waals surface area contributed by atoms with Gasteiger partial charge in [0.1, 0.15) is 0 Å². The third-order valence-electron chi connectivity index (χ3n) is 4.08. The highest BCUT2D eigenvalue weighted by atomic mass is 17.2. The van der Waals surface area contributed by atoms with Crippen LogP contribution in [0.4, 0.5) is 0 Å². The quantitative estimate of drug-likeness (QED) is 0.623.